The summed E-state index contributed by atoms with van der Waals surface area (Å²) in [6.07, 6.45) is 6.09. The van der Waals surface area contributed by atoms with E-state index in [1.807, 2.05) is 42.5 Å². The summed E-state index contributed by atoms with van der Waals surface area (Å²) >= 11 is 0. The van der Waals surface area contributed by atoms with Gasteiger partial charge >= 0.3 is 0 Å². The zero-order chi connectivity index (χ0) is 39.9. The Hall–Kier alpha value is -8.32. The topological polar surface area (TPSA) is 73.8 Å². The minimum Gasteiger partial charge on any atom is -0.456 e. The van der Waals surface area contributed by atoms with Crippen molar-refractivity contribution in [1.29, 1.82) is 10.5 Å². The number of benzene rings is 8. The molecule has 0 saturated heterocycles. The van der Waals surface area contributed by atoms with Crippen LogP contribution in [0.25, 0.3) is 82.9 Å². The molecule has 0 bridgehead atoms. The van der Waals surface area contributed by atoms with Crippen LogP contribution in [0.1, 0.15) is 28.8 Å². The summed E-state index contributed by atoms with van der Waals surface area (Å²) in [6.45, 7) is 0. The molecule has 0 unspecified atom stereocenters. The Morgan fingerprint density at radius 1 is 0.500 bits per heavy atom. The monoisotopic (exact) mass is 767 g/mol. The quantitative estimate of drug-likeness (QED) is 0.175. The second-order valence-corrected chi connectivity index (χ2v) is 15.4. The molecule has 0 amide bonds. The molecule has 6 heteroatoms. The number of anilines is 3. The number of aromatic nitrogens is 2. The zero-order valence-electron chi connectivity index (χ0n) is 32.3. The zero-order valence-corrected chi connectivity index (χ0v) is 32.3. The predicted octanol–water partition coefficient (Wildman–Crippen LogP) is 14.0. The van der Waals surface area contributed by atoms with E-state index >= 15 is 0 Å². The highest BCUT2D eigenvalue weighted by molar-refractivity contribution is 6.22. The van der Waals surface area contributed by atoms with Crippen molar-refractivity contribution in [3.63, 3.8) is 0 Å². The number of fused-ring (bicyclic) bond motifs is 11. The minimum atomic E-state index is 0.479. The first-order chi connectivity index (χ1) is 29.7. The summed E-state index contributed by atoms with van der Waals surface area (Å²) in [4.78, 5) is 2.27. The SMILES string of the molecule is N#Cc1cc(-n2c3ccc(N(c4ccccc4)c4ccccc4)cc3c3c4ccccc4ccc32)c(C#N)cc1-n1c2c(c3cc4oc5ccccc5c4cc31)C=CCC2. The van der Waals surface area contributed by atoms with Gasteiger partial charge < -0.3 is 18.5 Å². The van der Waals surface area contributed by atoms with Crippen molar-refractivity contribution in [2.75, 3.05) is 4.90 Å². The molecule has 0 radical (unpaired) electrons. The largest absolute Gasteiger partial charge is 0.456 e. The number of nitrogens with zero attached hydrogens (tertiary/aromatic N) is 5. The van der Waals surface area contributed by atoms with Gasteiger partial charge in [-0.3, -0.25) is 0 Å². The molecule has 60 heavy (non-hydrogen) atoms. The average molecular weight is 768 g/mol. The predicted molar refractivity (Wildman–Crippen MR) is 244 cm³/mol. The highest BCUT2D eigenvalue weighted by Crippen LogP contribution is 2.44. The highest BCUT2D eigenvalue weighted by atomic mass is 16.3. The van der Waals surface area contributed by atoms with Crippen molar-refractivity contribution in [1.82, 2.24) is 9.13 Å². The molecule has 12 rings (SSSR count). The van der Waals surface area contributed by atoms with Gasteiger partial charge in [0.1, 0.15) is 23.3 Å². The molecule has 3 aromatic heterocycles. The number of para-hydroxylation sites is 3. The third-order valence-electron chi connectivity index (χ3n) is 12.2. The molecule has 1 aliphatic carbocycles. The van der Waals surface area contributed by atoms with Crippen LogP contribution in [-0.2, 0) is 6.42 Å². The van der Waals surface area contributed by atoms with Gasteiger partial charge in [0.2, 0.25) is 0 Å². The van der Waals surface area contributed by atoms with Crippen molar-refractivity contribution >= 4 is 88.6 Å². The second-order valence-electron chi connectivity index (χ2n) is 15.4. The Labute approximate surface area is 344 Å². The minimum absolute atomic E-state index is 0.479. The smallest absolute Gasteiger partial charge is 0.136 e. The van der Waals surface area contributed by atoms with Gasteiger partial charge in [0.05, 0.1) is 39.1 Å². The molecule has 3 heterocycles. The van der Waals surface area contributed by atoms with Crippen LogP contribution in [0.15, 0.2) is 174 Å². The normalized spacial score (nSPS) is 12.4. The molecule has 6 nitrogen and oxygen atoms in total. The van der Waals surface area contributed by atoms with Gasteiger partial charge in [-0.25, -0.2) is 0 Å². The molecule has 11 aromatic rings. The first-order valence-electron chi connectivity index (χ1n) is 20.2. The summed E-state index contributed by atoms with van der Waals surface area (Å²) in [6, 6.07) is 61.5. The maximum absolute atomic E-state index is 11.1. The van der Waals surface area contributed by atoms with Crippen molar-refractivity contribution < 1.29 is 4.42 Å². The fraction of sp³-hybridized carbons (Fsp3) is 0.0370. The number of hydrogen-bond donors (Lipinski definition) is 0. The van der Waals surface area contributed by atoms with Gasteiger partial charge in [0, 0.05) is 55.3 Å². The molecule has 0 N–H and O–H groups in total. The lowest BCUT2D eigenvalue weighted by Gasteiger charge is -2.25. The fourth-order valence-electron chi connectivity index (χ4n) is 9.62. The molecular formula is C54H33N5O. The van der Waals surface area contributed by atoms with E-state index in [4.69, 9.17) is 4.42 Å². The van der Waals surface area contributed by atoms with E-state index in [1.165, 1.54) is 0 Å². The third kappa shape index (κ3) is 4.92. The van der Waals surface area contributed by atoms with E-state index in [-0.39, 0.29) is 0 Å². The lowest BCUT2D eigenvalue weighted by atomic mass is 10.0. The van der Waals surface area contributed by atoms with E-state index in [2.05, 4.69) is 160 Å². The van der Waals surface area contributed by atoms with Crippen molar-refractivity contribution in [3.05, 3.63) is 192 Å². The number of rotatable bonds is 5. The van der Waals surface area contributed by atoms with Crippen LogP contribution in [0, 0.1) is 22.7 Å². The molecular weight excluding hydrogens is 735 g/mol. The molecule has 0 fully saturated rings. The number of nitriles is 2. The first-order valence-corrected chi connectivity index (χ1v) is 20.2. The van der Waals surface area contributed by atoms with Gasteiger partial charge in [0.25, 0.3) is 0 Å². The Morgan fingerprint density at radius 3 is 1.92 bits per heavy atom. The molecule has 0 aliphatic heterocycles. The van der Waals surface area contributed by atoms with Crippen LogP contribution in [-0.4, -0.2) is 9.13 Å². The third-order valence-corrected chi connectivity index (χ3v) is 12.2. The van der Waals surface area contributed by atoms with Gasteiger partial charge in [-0.1, -0.05) is 97.1 Å². The van der Waals surface area contributed by atoms with Gasteiger partial charge in [-0.15, -0.1) is 0 Å². The summed E-state index contributed by atoms with van der Waals surface area (Å²) in [5, 5.41) is 29.6. The Balaban J connectivity index is 1.13. The second kappa shape index (κ2) is 13.1. The van der Waals surface area contributed by atoms with Crippen molar-refractivity contribution in [2.45, 2.75) is 12.8 Å². The van der Waals surface area contributed by atoms with E-state index in [0.29, 0.717) is 22.5 Å². The summed E-state index contributed by atoms with van der Waals surface area (Å²) in [7, 11) is 0. The number of furan rings is 1. The van der Waals surface area contributed by atoms with Crippen molar-refractivity contribution in [2.24, 2.45) is 0 Å². The van der Waals surface area contributed by atoms with E-state index < -0.39 is 0 Å². The van der Waals surface area contributed by atoms with E-state index in [1.54, 1.807) is 0 Å². The average Bonchev–Trinajstić information content (AvgIpc) is 3.95. The van der Waals surface area contributed by atoms with Crippen molar-refractivity contribution in [3.8, 4) is 23.5 Å². The van der Waals surface area contributed by atoms with Crippen LogP contribution in [0.4, 0.5) is 17.1 Å². The number of hydrogen-bond acceptors (Lipinski definition) is 4. The molecule has 0 atom stereocenters. The van der Waals surface area contributed by atoms with Crippen LogP contribution >= 0.6 is 0 Å². The standard InChI is InChI=1S/C54H33N5O/c55-32-35-28-50(59-46-21-11-9-19-41(46)43-31-53-44(30-51(43)59)42-20-10-12-22-52(42)60-53)36(33-56)27-49(35)58-47-26-24-39(57(37-14-3-1-4-15-37)38-16-5-2-6-17-38)29-45(47)54-40-18-8-7-13-34(40)23-25-48(54)58/h1-10,12-20,22-31H,11,21H2. The molecule has 0 spiro atoms. The number of allylic oxidation sites excluding steroid dienone is 1. The fourth-order valence-corrected chi connectivity index (χ4v) is 9.62. The highest BCUT2D eigenvalue weighted by Gasteiger charge is 2.26. The lowest BCUT2D eigenvalue weighted by molar-refractivity contribution is 0.669. The van der Waals surface area contributed by atoms with Gasteiger partial charge in [0.15, 0.2) is 0 Å². The van der Waals surface area contributed by atoms with Crippen LogP contribution in [0.3, 0.4) is 0 Å². The van der Waals surface area contributed by atoms with Crippen LogP contribution < -0.4 is 4.90 Å². The van der Waals surface area contributed by atoms with E-state index in [0.717, 1.165) is 107 Å². The van der Waals surface area contributed by atoms with Crippen LogP contribution in [0.5, 0.6) is 0 Å². The van der Waals surface area contributed by atoms with Gasteiger partial charge in [-0.2, -0.15) is 10.5 Å². The van der Waals surface area contributed by atoms with E-state index in [9.17, 15) is 10.5 Å². The Kier molecular flexibility index (Phi) is 7.38. The summed E-state index contributed by atoms with van der Waals surface area (Å²) < 4.78 is 10.7. The molecule has 280 valence electrons. The Morgan fingerprint density at radius 2 is 1.17 bits per heavy atom. The maximum atomic E-state index is 11.1. The summed E-state index contributed by atoms with van der Waals surface area (Å²) in [5.41, 5.74) is 12.2. The molecule has 0 saturated carbocycles. The summed E-state index contributed by atoms with van der Waals surface area (Å²) in [5.74, 6) is 0. The lowest BCUT2D eigenvalue weighted by Crippen LogP contribution is -2.09. The molecule has 8 aromatic carbocycles. The first kappa shape index (κ1) is 33.8. The molecule has 1 aliphatic rings. The Bertz CT molecular complexity index is 3650. The van der Waals surface area contributed by atoms with Crippen LogP contribution in [0.2, 0.25) is 0 Å². The van der Waals surface area contributed by atoms with Gasteiger partial charge in [-0.05, 0) is 102 Å². The maximum Gasteiger partial charge on any atom is 0.136 e.